The average Bonchev–Trinajstić information content (AvgIpc) is 3.03. The number of nitrogens with zero attached hydrogens (tertiary/aromatic N) is 2. The normalized spacial score (nSPS) is 12.9. The van der Waals surface area contributed by atoms with Crippen molar-refractivity contribution in [3.05, 3.63) is 63.1 Å². The molecule has 0 saturated heterocycles. The first kappa shape index (κ1) is 16.4. The van der Waals surface area contributed by atoms with Crippen molar-refractivity contribution in [3.8, 4) is 0 Å². The number of fused-ring (bicyclic) bond motifs is 1. The lowest BCUT2D eigenvalue weighted by Gasteiger charge is -2.09. The lowest BCUT2D eigenvalue weighted by molar-refractivity contribution is 0.0951. The van der Waals surface area contributed by atoms with Crippen LogP contribution in [-0.2, 0) is 25.8 Å². The van der Waals surface area contributed by atoms with Crippen molar-refractivity contribution in [3.63, 3.8) is 0 Å². The smallest absolute Gasteiger partial charge is 0.267 e. The van der Waals surface area contributed by atoms with E-state index in [4.69, 9.17) is 0 Å². The predicted molar refractivity (Wildman–Crippen MR) is 93.3 cm³/mol. The van der Waals surface area contributed by atoms with E-state index in [1.165, 1.54) is 10.2 Å². The van der Waals surface area contributed by atoms with E-state index in [2.05, 4.69) is 17.3 Å². The molecule has 0 atom stereocenters. The highest BCUT2D eigenvalue weighted by molar-refractivity contribution is 5.94. The molecule has 1 N–H and O–H groups in total. The molecule has 0 fully saturated rings. The zero-order valence-corrected chi connectivity index (χ0v) is 14.0. The third-order valence-corrected chi connectivity index (χ3v) is 4.39. The summed E-state index contributed by atoms with van der Waals surface area (Å²) in [6, 6.07) is 9.36. The number of hydrogen-bond acceptors (Lipinski definition) is 3. The Bertz CT molecular complexity index is 778. The highest BCUT2D eigenvalue weighted by Gasteiger charge is 2.14. The minimum Gasteiger partial charge on any atom is -0.350 e. The fraction of sp³-hybridized carbons (Fsp3) is 0.421. The first-order valence-electron chi connectivity index (χ1n) is 8.64. The fourth-order valence-electron chi connectivity index (χ4n) is 3.09. The fourth-order valence-corrected chi connectivity index (χ4v) is 3.09. The molecule has 0 unspecified atom stereocenters. The number of aromatic nitrogens is 2. The van der Waals surface area contributed by atoms with Crippen LogP contribution in [0.5, 0.6) is 0 Å². The Morgan fingerprint density at radius 2 is 2.04 bits per heavy atom. The Kier molecular flexibility index (Phi) is 5.08. The van der Waals surface area contributed by atoms with E-state index in [1.54, 1.807) is 6.07 Å². The van der Waals surface area contributed by atoms with Crippen molar-refractivity contribution >= 4 is 5.91 Å². The summed E-state index contributed by atoms with van der Waals surface area (Å²) in [5.74, 6) is -0.118. The quantitative estimate of drug-likeness (QED) is 0.885. The van der Waals surface area contributed by atoms with Gasteiger partial charge < -0.3 is 5.32 Å². The zero-order chi connectivity index (χ0) is 16.9. The third-order valence-electron chi connectivity index (χ3n) is 4.39. The van der Waals surface area contributed by atoms with Crippen LogP contribution >= 0.6 is 0 Å². The Labute approximate surface area is 141 Å². The van der Waals surface area contributed by atoms with Gasteiger partial charge in [-0.3, -0.25) is 9.59 Å². The maximum atomic E-state index is 12.2. The summed E-state index contributed by atoms with van der Waals surface area (Å²) < 4.78 is 1.45. The molecule has 0 bridgehead atoms. The molecule has 5 heteroatoms. The maximum absolute atomic E-state index is 12.2. The third kappa shape index (κ3) is 3.72. The molecule has 24 heavy (non-hydrogen) atoms. The molecule has 0 aliphatic heterocycles. The van der Waals surface area contributed by atoms with E-state index in [0.29, 0.717) is 18.7 Å². The second kappa shape index (κ2) is 7.43. The van der Waals surface area contributed by atoms with Gasteiger partial charge in [0.1, 0.15) is 0 Å². The SMILES string of the molecule is CCCc1ccc(C(=O)NCCn2nc3c(cc2=O)CCC3)cc1. The van der Waals surface area contributed by atoms with Crippen LogP contribution in [-0.4, -0.2) is 22.2 Å². The molecule has 0 radical (unpaired) electrons. The molecule has 3 rings (SSSR count). The van der Waals surface area contributed by atoms with Crippen molar-refractivity contribution in [2.45, 2.75) is 45.6 Å². The molecule has 126 valence electrons. The Balaban J connectivity index is 1.56. The molecular weight excluding hydrogens is 302 g/mol. The largest absolute Gasteiger partial charge is 0.350 e. The van der Waals surface area contributed by atoms with Crippen LogP contribution in [0.25, 0.3) is 0 Å². The van der Waals surface area contributed by atoms with Crippen LogP contribution in [0.2, 0.25) is 0 Å². The topological polar surface area (TPSA) is 64.0 Å². The molecule has 1 amide bonds. The first-order chi connectivity index (χ1) is 11.7. The lowest BCUT2D eigenvalue weighted by Crippen LogP contribution is -2.32. The minimum absolute atomic E-state index is 0.0891. The molecule has 1 aliphatic carbocycles. The van der Waals surface area contributed by atoms with Gasteiger partial charge in [0.25, 0.3) is 11.5 Å². The number of rotatable bonds is 6. The van der Waals surface area contributed by atoms with Crippen LogP contribution < -0.4 is 10.9 Å². The summed E-state index contributed by atoms with van der Waals surface area (Å²) >= 11 is 0. The number of nitrogens with one attached hydrogen (secondary N) is 1. The summed E-state index contributed by atoms with van der Waals surface area (Å²) in [4.78, 5) is 24.2. The Morgan fingerprint density at radius 3 is 2.79 bits per heavy atom. The first-order valence-corrected chi connectivity index (χ1v) is 8.64. The van der Waals surface area contributed by atoms with E-state index in [9.17, 15) is 9.59 Å². The molecule has 5 nitrogen and oxygen atoms in total. The van der Waals surface area contributed by atoms with Crippen LogP contribution in [0.15, 0.2) is 35.1 Å². The van der Waals surface area contributed by atoms with Gasteiger partial charge in [0.15, 0.2) is 0 Å². The van der Waals surface area contributed by atoms with E-state index in [-0.39, 0.29) is 11.5 Å². The van der Waals surface area contributed by atoms with Gasteiger partial charge in [0, 0.05) is 18.2 Å². The monoisotopic (exact) mass is 325 g/mol. The highest BCUT2D eigenvalue weighted by Crippen LogP contribution is 2.16. The van der Waals surface area contributed by atoms with Gasteiger partial charge in [0.2, 0.25) is 0 Å². The number of carbonyl (C=O) groups excluding carboxylic acids is 1. The van der Waals surface area contributed by atoms with Gasteiger partial charge in [-0.05, 0) is 48.9 Å². The molecule has 1 heterocycles. The van der Waals surface area contributed by atoms with Gasteiger partial charge in [-0.2, -0.15) is 5.10 Å². The molecule has 1 aromatic carbocycles. The average molecular weight is 325 g/mol. The zero-order valence-electron chi connectivity index (χ0n) is 14.0. The van der Waals surface area contributed by atoms with Gasteiger partial charge >= 0.3 is 0 Å². The second-order valence-corrected chi connectivity index (χ2v) is 6.23. The van der Waals surface area contributed by atoms with Crippen molar-refractivity contribution in [2.75, 3.05) is 6.54 Å². The maximum Gasteiger partial charge on any atom is 0.267 e. The highest BCUT2D eigenvalue weighted by atomic mass is 16.1. The molecule has 0 saturated carbocycles. The van der Waals surface area contributed by atoms with Crippen molar-refractivity contribution in [1.82, 2.24) is 15.1 Å². The van der Waals surface area contributed by atoms with Gasteiger partial charge in [-0.15, -0.1) is 0 Å². The van der Waals surface area contributed by atoms with E-state index < -0.39 is 0 Å². The van der Waals surface area contributed by atoms with E-state index >= 15 is 0 Å². The summed E-state index contributed by atoms with van der Waals surface area (Å²) in [7, 11) is 0. The molecule has 1 aliphatic rings. The summed E-state index contributed by atoms with van der Waals surface area (Å²) in [5.41, 5.74) is 3.89. The molecule has 2 aromatic rings. The van der Waals surface area contributed by atoms with E-state index in [1.807, 2.05) is 24.3 Å². The Morgan fingerprint density at radius 1 is 1.25 bits per heavy atom. The Hall–Kier alpha value is -2.43. The number of hydrogen-bond donors (Lipinski definition) is 1. The second-order valence-electron chi connectivity index (χ2n) is 6.23. The van der Waals surface area contributed by atoms with Crippen molar-refractivity contribution in [1.29, 1.82) is 0 Å². The number of amides is 1. The molecular formula is C19H23N3O2. The number of benzene rings is 1. The molecule has 0 spiro atoms. The van der Waals surface area contributed by atoms with Gasteiger partial charge in [-0.1, -0.05) is 25.5 Å². The summed E-state index contributed by atoms with van der Waals surface area (Å²) in [5, 5.41) is 7.26. The summed E-state index contributed by atoms with van der Waals surface area (Å²) in [6.07, 6.45) is 5.06. The number of aryl methyl sites for hydroxylation is 3. The van der Waals surface area contributed by atoms with Crippen LogP contribution in [0.3, 0.4) is 0 Å². The predicted octanol–water partition coefficient (Wildman–Crippen LogP) is 2.11. The van der Waals surface area contributed by atoms with Crippen molar-refractivity contribution in [2.24, 2.45) is 0 Å². The summed E-state index contributed by atoms with van der Waals surface area (Å²) in [6.45, 7) is 2.92. The van der Waals surface area contributed by atoms with Crippen LogP contribution in [0.1, 0.15) is 46.9 Å². The van der Waals surface area contributed by atoms with Crippen molar-refractivity contribution < 1.29 is 4.79 Å². The van der Waals surface area contributed by atoms with E-state index in [0.717, 1.165) is 43.4 Å². The minimum atomic E-state index is -0.118. The lowest BCUT2D eigenvalue weighted by atomic mass is 10.1. The van der Waals surface area contributed by atoms with Gasteiger partial charge in [-0.25, -0.2) is 4.68 Å². The standard InChI is InChI=1S/C19H23N3O2/c1-2-4-14-7-9-15(10-8-14)19(24)20-11-12-22-18(23)13-16-5-3-6-17(16)21-22/h7-10,13H,2-6,11-12H2,1H3,(H,20,24). The molecule has 1 aromatic heterocycles. The van der Waals surface area contributed by atoms with Crippen LogP contribution in [0, 0.1) is 0 Å². The number of carbonyl (C=O) groups is 1. The van der Waals surface area contributed by atoms with Crippen LogP contribution in [0.4, 0.5) is 0 Å². The van der Waals surface area contributed by atoms with Gasteiger partial charge in [0.05, 0.1) is 12.2 Å².